The zero-order chi connectivity index (χ0) is 15.3. The third kappa shape index (κ3) is 1.69. The number of ketones is 1. The molecule has 3 heteroatoms. The van der Waals surface area contributed by atoms with Crippen LogP contribution in [-0.4, -0.2) is 11.7 Å². The molecule has 0 saturated carbocycles. The molecule has 0 saturated heterocycles. The molecule has 1 aliphatic carbocycles. The fourth-order valence-electron chi connectivity index (χ4n) is 3.19. The first-order valence-corrected chi connectivity index (χ1v) is 7.14. The van der Waals surface area contributed by atoms with Crippen LogP contribution in [0.3, 0.4) is 0 Å². The molecule has 1 amide bonds. The Morgan fingerprint density at radius 3 is 2.36 bits per heavy atom. The van der Waals surface area contributed by atoms with Gasteiger partial charge in [0, 0.05) is 34.7 Å². The van der Waals surface area contributed by atoms with Crippen molar-refractivity contribution in [1.29, 1.82) is 0 Å². The van der Waals surface area contributed by atoms with Crippen molar-refractivity contribution in [3.63, 3.8) is 0 Å². The number of hydrogen-bond donors (Lipinski definition) is 1. The van der Waals surface area contributed by atoms with Gasteiger partial charge in [-0.25, -0.2) is 0 Å². The minimum absolute atomic E-state index is 0.0358. The maximum Gasteiger partial charge on any atom is 0.221 e. The summed E-state index contributed by atoms with van der Waals surface area (Å²) in [6.45, 7) is 1.49. The van der Waals surface area contributed by atoms with Gasteiger partial charge < -0.3 is 5.32 Å². The quantitative estimate of drug-likeness (QED) is 0.575. The van der Waals surface area contributed by atoms with Crippen molar-refractivity contribution in [2.75, 3.05) is 5.32 Å². The number of anilines is 1. The Bertz CT molecular complexity index is 957. The van der Waals surface area contributed by atoms with Crippen LogP contribution in [-0.2, 0) is 4.79 Å². The second-order valence-corrected chi connectivity index (χ2v) is 5.45. The van der Waals surface area contributed by atoms with Gasteiger partial charge >= 0.3 is 0 Å². The normalized spacial score (nSPS) is 12.1. The number of fused-ring (bicyclic) bond motifs is 2. The summed E-state index contributed by atoms with van der Waals surface area (Å²) in [4.78, 5) is 24.3. The first kappa shape index (κ1) is 12.8. The van der Waals surface area contributed by atoms with Gasteiger partial charge in [-0.2, -0.15) is 0 Å². The van der Waals surface area contributed by atoms with Crippen molar-refractivity contribution < 1.29 is 9.59 Å². The molecular formula is C19H13NO2. The molecule has 22 heavy (non-hydrogen) atoms. The lowest BCUT2D eigenvalue weighted by Crippen LogP contribution is -2.13. The topological polar surface area (TPSA) is 46.2 Å². The molecule has 0 bridgehead atoms. The number of nitrogens with one attached hydrogen (secondary N) is 1. The summed E-state index contributed by atoms with van der Waals surface area (Å²) in [5.74, 6) is -0.0869. The molecule has 106 valence electrons. The summed E-state index contributed by atoms with van der Waals surface area (Å²) in [5.41, 5.74) is 3.92. The highest BCUT2D eigenvalue weighted by atomic mass is 16.1. The number of hydrogen-bond acceptors (Lipinski definition) is 2. The van der Waals surface area contributed by atoms with Crippen molar-refractivity contribution in [1.82, 2.24) is 0 Å². The van der Waals surface area contributed by atoms with Crippen LogP contribution in [0.15, 0.2) is 54.6 Å². The fourth-order valence-corrected chi connectivity index (χ4v) is 3.19. The lowest BCUT2D eigenvalue weighted by Gasteiger charge is -2.22. The maximum absolute atomic E-state index is 12.7. The minimum atomic E-state index is -0.123. The Labute approximate surface area is 127 Å². The second-order valence-electron chi connectivity index (χ2n) is 5.45. The first-order chi connectivity index (χ1) is 10.7. The Kier molecular flexibility index (Phi) is 2.63. The van der Waals surface area contributed by atoms with E-state index in [0.29, 0.717) is 11.1 Å². The second kappa shape index (κ2) is 4.53. The van der Waals surface area contributed by atoms with Crippen LogP contribution in [0.4, 0.5) is 5.69 Å². The Hall–Kier alpha value is -2.94. The van der Waals surface area contributed by atoms with Gasteiger partial charge in [0.05, 0.1) is 0 Å². The molecular weight excluding hydrogens is 274 g/mol. The van der Waals surface area contributed by atoms with E-state index in [-0.39, 0.29) is 11.7 Å². The molecule has 1 N–H and O–H groups in total. The van der Waals surface area contributed by atoms with E-state index in [2.05, 4.69) is 5.32 Å². The van der Waals surface area contributed by atoms with E-state index in [1.54, 1.807) is 0 Å². The fraction of sp³-hybridized carbons (Fsp3) is 0.0526. The number of carbonyl (C=O) groups is 2. The summed E-state index contributed by atoms with van der Waals surface area (Å²) in [6.07, 6.45) is 0. The van der Waals surface area contributed by atoms with E-state index in [0.717, 1.165) is 27.6 Å². The molecule has 0 aromatic heterocycles. The molecule has 3 aromatic carbocycles. The number of benzene rings is 3. The van der Waals surface area contributed by atoms with Crippen LogP contribution in [0.25, 0.3) is 21.9 Å². The molecule has 0 fully saturated rings. The minimum Gasteiger partial charge on any atom is -0.326 e. The monoisotopic (exact) mass is 287 g/mol. The molecule has 0 unspecified atom stereocenters. The van der Waals surface area contributed by atoms with Gasteiger partial charge in [0.25, 0.3) is 0 Å². The summed E-state index contributed by atoms with van der Waals surface area (Å²) < 4.78 is 0. The van der Waals surface area contributed by atoms with Crippen LogP contribution in [0.1, 0.15) is 22.8 Å². The summed E-state index contributed by atoms with van der Waals surface area (Å²) in [7, 11) is 0. The van der Waals surface area contributed by atoms with Crippen molar-refractivity contribution in [3.05, 3.63) is 65.7 Å². The van der Waals surface area contributed by atoms with E-state index in [1.165, 1.54) is 6.92 Å². The molecule has 0 heterocycles. The van der Waals surface area contributed by atoms with Crippen LogP contribution >= 0.6 is 0 Å². The lowest BCUT2D eigenvalue weighted by atomic mass is 9.82. The average Bonchev–Trinajstić information content (AvgIpc) is 2.52. The Balaban J connectivity index is 2.19. The maximum atomic E-state index is 12.7. The van der Waals surface area contributed by atoms with Crippen molar-refractivity contribution >= 4 is 28.2 Å². The zero-order valence-corrected chi connectivity index (χ0v) is 12.0. The highest BCUT2D eigenvalue weighted by Gasteiger charge is 2.26. The Morgan fingerprint density at radius 2 is 1.59 bits per heavy atom. The van der Waals surface area contributed by atoms with Gasteiger partial charge in [-0.3, -0.25) is 9.59 Å². The standard InChI is InChI=1S/C19H13NO2/c1-11(21)20-16-10-9-12-5-4-8-15-17(12)18(16)13-6-2-3-7-14(13)19(15)22/h2-10H,1H3,(H,20,21). The molecule has 0 aliphatic heterocycles. The van der Waals surface area contributed by atoms with Gasteiger partial charge in [-0.05, 0) is 17.0 Å². The van der Waals surface area contributed by atoms with E-state index in [9.17, 15) is 9.59 Å². The highest BCUT2D eigenvalue weighted by molar-refractivity contribution is 6.27. The van der Waals surface area contributed by atoms with Crippen LogP contribution in [0.5, 0.6) is 0 Å². The van der Waals surface area contributed by atoms with Crippen LogP contribution in [0, 0.1) is 0 Å². The number of rotatable bonds is 1. The van der Waals surface area contributed by atoms with E-state index >= 15 is 0 Å². The van der Waals surface area contributed by atoms with Gasteiger partial charge in [0.15, 0.2) is 5.78 Å². The van der Waals surface area contributed by atoms with Crippen molar-refractivity contribution in [2.45, 2.75) is 6.92 Å². The molecule has 3 nitrogen and oxygen atoms in total. The van der Waals surface area contributed by atoms with Gasteiger partial charge in [0.1, 0.15) is 0 Å². The third-order valence-corrected chi connectivity index (χ3v) is 4.04. The van der Waals surface area contributed by atoms with Crippen LogP contribution < -0.4 is 5.32 Å². The number of carbonyl (C=O) groups excluding carboxylic acids is 2. The van der Waals surface area contributed by atoms with E-state index < -0.39 is 0 Å². The summed E-state index contributed by atoms with van der Waals surface area (Å²) >= 11 is 0. The van der Waals surface area contributed by atoms with Gasteiger partial charge in [-0.1, -0.05) is 48.5 Å². The first-order valence-electron chi connectivity index (χ1n) is 7.14. The van der Waals surface area contributed by atoms with E-state index in [1.807, 2.05) is 54.6 Å². The average molecular weight is 287 g/mol. The summed E-state index contributed by atoms with van der Waals surface area (Å²) in [5, 5.41) is 4.80. The van der Waals surface area contributed by atoms with Gasteiger partial charge in [0.2, 0.25) is 5.91 Å². The highest BCUT2D eigenvalue weighted by Crippen LogP contribution is 2.43. The largest absolute Gasteiger partial charge is 0.326 e. The zero-order valence-electron chi connectivity index (χ0n) is 12.0. The third-order valence-electron chi connectivity index (χ3n) is 4.04. The van der Waals surface area contributed by atoms with Gasteiger partial charge in [-0.15, -0.1) is 0 Å². The summed E-state index contributed by atoms with van der Waals surface area (Å²) in [6, 6.07) is 17.1. The smallest absolute Gasteiger partial charge is 0.221 e. The molecule has 3 aromatic rings. The molecule has 0 spiro atoms. The van der Waals surface area contributed by atoms with Crippen LogP contribution in [0.2, 0.25) is 0 Å². The predicted octanol–water partition coefficient (Wildman–Crippen LogP) is 4.01. The molecule has 0 radical (unpaired) electrons. The lowest BCUT2D eigenvalue weighted by molar-refractivity contribution is -0.114. The van der Waals surface area contributed by atoms with Crippen molar-refractivity contribution in [3.8, 4) is 11.1 Å². The molecule has 4 rings (SSSR count). The predicted molar refractivity (Wildman–Crippen MR) is 87.1 cm³/mol. The molecule has 1 aliphatic rings. The van der Waals surface area contributed by atoms with E-state index in [4.69, 9.17) is 0 Å². The van der Waals surface area contributed by atoms with Crippen molar-refractivity contribution in [2.24, 2.45) is 0 Å². The molecule has 0 atom stereocenters. The Morgan fingerprint density at radius 1 is 0.864 bits per heavy atom. The number of amides is 1. The SMILES string of the molecule is CC(=O)Nc1ccc2cccc3c2c1-c1ccccc1C3=O.